The van der Waals surface area contributed by atoms with E-state index in [1.807, 2.05) is 10.9 Å². The van der Waals surface area contributed by atoms with Gasteiger partial charge in [-0.1, -0.05) is 0 Å². The normalized spacial score (nSPS) is 9.29. The molecule has 0 aliphatic heterocycles. The molecule has 0 saturated carbocycles. The predicted octanol–water partition coefficient (Wildman–Crippen LogP) is 0.292. The van der Waals surface area contributed by atoms with Crippen LogP contribution in [0.15, 0.2) is 48.5 Å². The van der Waals surface area contributed by atoms with Crippen LogP contribution in [0.1, 0.15) is 38.0 Å². The Morgan fingerprint density at radius 1 is 0.750 bits per heavy atom. The van der Waals surface area contributed by atoms with Crippen molar-refractivity contribution in [2.75, 3.05) is 7.11 Å². The van der Waals surface area contributed by atoms with Crippen molar-refractivity contribution in [3.05, 3.63) is 65.2 Å². The number of carbonyl (C=O) groups is 4. The number of hydrogen-bond donors (Lipinski definition) is 4. The van der Waals surface area contributed by atoms with E-state index in [2.05, 4.69) is 4.74 Å². The van der Waals surface area contributed by atoms with Crippen LogP contribution >= 0.6 is 0 Å². The van der Waals surface area contributed by atoms with Gasteiger partial charge in [0.2, 0.25) is 0 Å². The van der Waals surface area contributed by atoms with Crippen LogP contribution in [-0.2, 0) is 9.53 Å². The van der Waals surface area contributed by atoms with Crippen molar-refractivity contribution in [2.45, 2.75) is 6.92 Å². The average Bonchev–Trinajstić information content (AvgIpc) is 2.72. The topological polar surface area (TPSA) is 163 Å². The molecule has 148 valence electrons. The zero-order chi connectivity index (χ0) is 21.1. The van der Waals surface area contributed by atoms with Gasteiger partial charge in [0.25, 0.3) is 11.8 Å². The molecule has 0 saturated heterocycles. The summed E-state index contributed by atoms with van der Waals surface area (Å²) < 4.78 is 9.30. The fourth-order valence-corrected chi connectivity index (χ4v) is 1.88. The number of methoxy groups -OCH3 is 1. The smallest absolute Gasteiger partial charge is 0.337 e. The van der Waals surface area contributed by atoms with Gasteiger partial charge in [0.05, 0.1) is 12.7 Å². The predicted molar refractivity (Wildman–Crippen MR) is 98.8 cm³/mol. The number of hydrogen-bond acceptors (Lipinski definition) is 8. The first-order chi connectivity index (χ1) is 13.3. The Kier molecular flexibility index (Phi) is 8.80. The number of rotatable bonds is 4. The van der Waals surface area contributed by atoms with Crippen molar-refractivity contribution >= 4 is 23.8 Å². The minimum Gasteiger partial charge on any atom is -0.465 e. The van der Waals surface area contributed by atoms with E-state index in [0.29, 0.717) is 22.4 Å². The number of benzene rings is 2. The number of carbonyl (C=O) groups excluding carboxylic acids is 4. The molecule has 28 heavy (non-hydrogen) atoms. The van der Waals surface area contributed by atoms with Crippen molar-refractivity contribution in [2.24, 2.45) is 11.7 Å². The lowest BCUT2D eigenvalue weighted by Gasteiger charge is -2.02. The molecule has 0 atom stereocenters. The number of ether oxygens (including phenoxy) is 2. The Balaban J connectivity index is 0.000000280. The summed E-state index contributed by atoms with van der Waals surface area (Å²) in [5.41, 5.74) is 5.13. The zero-order valence-electron chi connectivity index (χ0n) is 15.2. The van der Waals surface area contributed by atoms with Gasteiger partial charge in [-0.05, 0) is 48.5 Å². The summed E-state index contributed by atoms with van der Waals surface area (Å²) in [7, 11) is 1.31. The molecule has 0 aliphatic rings. The summed E-state index contributed by atoms with van der Waals surface area (Å²) in [5.74, 6) is 8.63. The van der Waals surface area contributed by atoms with Crippen LogP contribution in [0, 0.1) is 0 Å². The third kappa shape index (κ3) is 6.86. The molecule has 10 nitrogen and oxygen atoms in total. The minimum atomic E-state index is -0.417. The van der Waals surface area contributed by atoms with E-state index in [0.717, 1.165) is 0 Å². The molecule has 2 aromatic rings. The first kappa shape index (κ1) is 22.3. The maximum absolute atomic E-state index is 11.0. The highest BCUT2D eigenvalue weighted by Crippen LogP contribution is 2.12. The third-order valence-corrected chi connectivity index (χ3v) is 3.21. The van der Waals surface area contributed by atoms with E-state index >= 15 is 0 Å². The van der Waals surface area contributed by atoms with E-state index in [-0.39, 0.29) is 0 Å². The van der Waals surface area contributed by atoms with Crippen molar-refractivity contribution in [3.8, 4) is 5.75 Å². The quantitative estimate of drug-likeness (QED) is 0.191. The molecule has 2 aromatic carbocycles. The molecular formula is C18H20N4O6. The molecule has 0 bridgehead atoms. The lowest BCUT2D eigenvalue weighted by molar-refractivity contribution is -0.131. The summed E-state index contributed by atoms with van der Waals surface area (Å²) in [6, 6.07) is 12.1. The highest BCUT2D eigenvalue weighted by Gasteiger charge is 2.06. The van der Waals surface area contributed by atoms with Crippen molar-refractivity contribution in [1.82, 2.24) is 10.9 Å². The summed E-state index contributed by atoms with van der Waals surface area (Å²) in [6.07, 6.45) is 0. The maximum Gasteiger partial charge on any atom is 0.337 e. The lowest BCUT2D eigenvalue weighted by Crippen LogP contribution is -2.31. The number of nitrogens with two attached hydrogens (primary N) is 2. The third-order valence-electron chi connectivity index (χ3n) is 3.21. The molecular weight excluding hydrogens is 368 g/mol. The molecule has 0 fully saturated rings. The molecule has 0 unspecified atom stereocenters. The van der Waals surface area contributed by atoms with Crippen molar-refractivity contribution < 1.29 is 28.7 Å². The van der Waals surface area contributed by atoms with Gasteiger partial charge in [0, 0.05) is 18.1 Å². The van der Waals surface area contributed by atoms with Crippen LogP contribution in [0.3, 0.4) is 0 Å². The molecule has 10 heteroatoms. The first-order valence-electron chi connectivity index (χ1n) is 7.81. The van der Waals surface area contributed by atoms with Gasteiger partial charge in [-0.2, -0.15) is 0 Å². The van der Waals surface area contributed by atoms with Gasteiger partial charge in [-0.15, -0.1) is 0 Å². The van der Waals surface area contributed by atoms with Crippen molar-refractivity contribution in [1.29, 1.82) is 0 Å². The lowest BCUT2D eigenvalue weighted by atomic mass is 10.1. The van der Waals surface area contributed by atoms with E-state index in [4.69, 9.17) is 16.4 Å². The molecule has 0 spiro atoms. The minimum absolute atomic E-state index is 0.376. The molecule has 0 radical (unpaired) electrons. The Morgan fingerprint density at radius 3 is 1.46 bits per heavy atom. The number of nitrogen functional groups attached to an aromatic ring is 2. The summed E-state index contributed by atoms with van der Waals surface area (Å²) in [4.78, 5) is 43.6. The fourth-order valence-electron chi connectivity index (χ4n) is 1.88. The molecule has 0 aliphatic carbocycles. The first-order valence-corrected chi connectivity index (χ1v) is 7.81. The standard InChI is InChI=1S/C10H10O4.C8H10N4O2/c1-7(11)14-9-5-3-8(4-6-9)10(12)13-2;9-11-7(13)5-1-2-6(4-3-5)8(14)12-10/h3-6H,1-2H3;1-4H,9-10H2,(H,11,13)(H,12,14). The number of hydrazine groups is 2. The SMILES string of the molecule is COC(=O)c1ccc(OC(C)=O)cc1.NNC(=O)c1ccc(C(=O)NN)cc1. The van der Waals surface area contributed by atoms with E-state index in [1.165, 1.54) is 62.6 Å². The van der Waals surface area contributed by atoms with Crippen LogP contribution in [0.2, 0.25) is 0 Å². The van der Waals surface area contributed by atoms with Crippen molar-refractivity contribution in [3.63, 3.8) is 0 Å². The molecule has 2 rings (SSSR count). The van der Waals surface area contributed by atoms with Gasteiger partial charge in [0.15, 0.2) is 0 Å². The average molecular weight is 388 g/mol. The molecule has 0 heterocycles. The van der Waals surface area contributed by atoms with Gasteiger partial charge in [0.1, 0.15) is 5.75 Å². The van der Waals surface area contributed by atoms with Gasteiger partial charge in [-0.3, -0.25) is 25.2 Å². The van der Waals surface area contributed by atoms with E-state index < -0.39 is 23.8 Å². The maximum atomic E-state index is 11.0. The Morgan fingerprint density at radius 2 is 1.14 bits per heavy atom. The Hall–Kier alpha value is -3.76. The fraction of sp³-hybridized carbons (Fsp3) is 0.111. The van der Waals surface area contributed by atoms with Crippen LogP contribution < -0.4 is 27.3 Å². The number of nitrogens with one attached hydrogen (secondary N) is 2. The second kappa shape index (κ2) is 11.1. The number of amides is 2. The Labute approximate surface area is 160 Å². The van der Waals surface area contributed by atoms with Crippen LogP contribution in [0.4, 0.5) is 0 Å². The highest BCUT2D eigenvalue weighted by molar-refractivity contribution is 5.97. The zero-order valence-corrected chi connectivity index (χ0v) is 15.2. The second-order valence-electron chi connectivity index (χ2n) is 5.13. The van der Waals surface area contributed by atoms with Gasteiger partial charge >= 0.3 is 11.9 Å². The van der Waals surface area contributed by atoms with Crippen LogP contribution in [0.5, 0.6) is 5.75 Å². The Bertz CT molecular complexity index is 799. The van der Waals surface area contributed by atoms with Crippen LogP contribution in [0.25, 0.3) is 0 Å². The van der Waals surface area contributed by atoms with Gasteiger partial charge < -0.3 is 9.47 Å². The number of esters is 2. The monoisotopic (exact) mass is 388 g/mol. The van der Waals surface area contributed by atoms with E-state index in [1.54, 1.807) is 0 Å². The largest absolute Gasteiger partial charge is 0.465 e. The summed E-state index contributed by atoms with van der Waals surface area (Å²) in [6.45, 7) is 1.31. The van der Waals surface area contributed by atoms with E-state index in [9.17, 15) is 19.2 Å². The highest BCUT2D eigenvalue weighted by atomic mass is 16.5. The second-order valence-corrected chi connectivity index (χ2v) is 5.13. The summed E-state index contributed by atoms with van der Waals surface area (Å²) in [5, 5.41) is 0. The van der Waals surface area contributed by atoms with Crippen LogP contribution in [-0.4, -0.2) is 30.9 Å². The summed E-state index contributed by atoms with van der Waals surface area (Å²) >= 11 is 0. The van der Waals surface area contributed by atoms with Gasteiger partial charge in [-0.25, -0.2) is 16.5 Å². The molecule has 2 amide bonds. The molecule has 0 aromatic heterocycles. The molecule has 6 N–H and O–H groups in total.